The summed E-state index contributed by atoms with van der Waals surface area (Å²) in [4.78, 5) is 32.2. The van der Waals surface area contributed by atoms with Crippen LogP contribution in [0.3, 0.4) is 0 Å². The molecule has 0 bridgehead atoms. The molecule has 2 aromatic rings. The van der Waals surface area contributed by atoms with Crippen LogP contribution >= 0.6 is 11.6 Å². The number of amides is 2. The number of ether oxygens (including phenoxy) is 2. The van der Waals surface area contributed by atoms with E-state index in [9.17, 15) is 9.59 Å². The van der Waals surface area contributed by atoms with Gasteiger partial charge in [-0.05, 0) is 97.2 Å². The average Bonchev–Trinajstić information content (AvgIpc) is 3.52. The number of allylic oxidation sites excluding steroid dienone is 3. The average molecular weight is 696 g/mol. The molecule has 9 nitrogen and oxygen atoms in total. The third kappa shape index (κ3) is 11.0. The highest BCUT2D eigenvalue weighted by Crippen LogP contribution is 2.48. The predicted octanol–water partition coefficient (Wildman–Crippen LogP) is 8.18. The van der Waals surface area contributed by atoms with Crippen molar-refractivity contribution in [1.29, 1.82) is 0 Å². The van der Waals surface area contributed by atoms with Crippen LogP contribution in [-0.2, 0) is 21.3 Å². The SMILES string of the molecule is C=C1C/C=C(/C(NC(=O)COCC)c2cncn2C)c2cc(Cl)ccc2C(C2CCN(C(=O)OCC(C)(C)CC)CC2)C1C.CC/C=C\N. The third-order valence-electron chi connectivity index (χ3n) is 9.88. The second-order valence-corrected chi connectivity index (χ2v) is 14.3. The van der Waals surface area contributed by atoms with Crippen molar-refractivity contribution in [3.8, 4) is 0 Å². The van der Waals surface area contributed by atoms with Crippen LogP contribution in [0.4, 0.5) is 4.79 Å². The summed E-state index contributed by atoms with van der Waals surface area (Å²) in [7, 11) is 1.93. The van der Waals surface area contributed by atoms with Crippen LogP contribution in [0.2, 0.25) is 5.02 Å². The Hall–Kier alpha value is -3.56. The minimum Gasteiger partial charge on any atom is -0.449 e. The van der Waals surface area contributed by atoms with Crippen LogP contribution in [-0.4, -0.2) is 59.4 Å². The standard InChI is InChI=1S/C35H49ClN4O4.C4H9N/c1-8-35(5,6)21-44-34(42)40-16-14-25(15-17-40)32-24(4)23(3)10-12-28(29-18-26(36)11-13-27(29)32)33(30-19-37-22-39(30)7)38-31(41)20-43-9-2;1-2-3-4-5/h11-13,18-19,22,24-25,32-33H,3,8-10,14-17,20-21H2,1-2,4-7H3,(H,38,41);3-4H,2,5H2,1H3/b28-12+;4-3-. The summed E-state index contributed by atoms with van der Waals surface area (Å²) >= 11 is 6.67. The molecule has 1 aliphatic heterocycles. The van der Waals surface area contributed by atoms with Crippen LogP contribution in [0.5, 0.6) is 0 Å². The number of hydrogen-bond donors (Lipinski definition) is 2. The zero-order valence-electron chi connectivity index (χ0n) is 30.6. The van der Waals surface area contributed by atoms with E-state index in [1.807, 2.05) is 48.6 Å². The number of nitrogens with zero attached hydrogens (tertiary/aromatic N) is 3. The largest absolute Gasteiger partial charge is 0.449 e. The first-order valence-corrected chi connectivity index (χ1v) is 18.0. The third-order valence-corrected chi connectivity index (χ3v) is 10.1. The first-order valence-electron chi connectivity index (χ1n) is 17.7. The molecule has 49 heavy (non-hydrogen) atoms. The van der Waals surface area contributed by atoms with Crippen LogP contribution in [0.15, 0.2) is 61.2 Å². The number of benzene rings is 1. The minimum atomic E-state index is -0.460. The fraction of sp³-hybridized carbons (Fsp3) is 0.564. The summed E-state index contributed by atoms with van der Waals surface area (Å²) in [5.74, 6) is 0.515. The molecule has 3 unspecified atom stereocenters. The maximum atomic E-state index is 13.0. The number of halogens is 1. The van der Waals surface area contributed by atoms with Gasteiger partial charge in [0.15, 0.2) is 0 Å². The fourth-order valence-corrected chi connectivity index (χ4v) is 6.62. The Bertz CT molecular complexity index is 1460. The van der Waals surface area contributed by atoms with Gasteiger partial charge in [0.25, 0.3) is 0 Å². The second kappa shape index (κ2) is 19.0. The van der Waals surface area contributed by atoms with Crippen molar-refractivity contribution in [2.75, 3.05) is 32.9 Å². The molecule has 1 fully saturated rings. The lowest BCUT2D eigenvalue weighted by molar-refractivity contribution is -0.126. The quantitative estimate of drug-likeness (QED) is 0.229. The van der Waals surface area contributed by atoms with Crippen LogP contribution in [0.1, 0.15) is 102 Å². The molecule has 1 aromatic carbocycles. The van der Waals surface area contributed by atoms with Crippen molar-refractivity contribution < 1.29 is 19.1 Å². The number of hydrogen-bond acceptors (Lipinski definition) is 6. The van der Waals surface area contributed by atoms with Gasteiger partial charge in [0.05, 0.1) is 30.9 Å². The van der Waals surface area contributed by atoms with Crippen molar-refractivity contribution in [1.82, 2.24) is 19.8 Å². The van der Waals surface area contributed by atoms with Crippen LogP contribution in [0, 0.1) is 17.3 Å². The van der Waals surface area contributed by atoms with E-state index >= 15 is 0 Å². The van der Waals surface area contributed by atoms with E-state index in [-0.39, 0.29) is 35.9 Å². The highest BCUT2D eigenvalue weighted by atomic mass is 35.5. The number of aryl methyl sites for hydroxylation is 1. The smallest absolute Gasteiger partial charge is 0.409 e. The zero-order chi connectivity index (χ0) is 36.1. The van der Waals surface area contributed by atoms with Gasteiger partial charge in [-0.15, -0.1) is 0 Å². The number of nitrogens with one attached hydrogen (secondary N) is 1. The molecule has 10 heteroatoms. The number of imidazole rings is 1. The molecule has 4 rings (SSSR count). The van der Waals surface area contributed by atoms with E-state index in [4.69, 9.17) is 26.8 Å². The van der Waals surface area contributed by atoms with Crippen LogP contribution < -0.4 is 11.1 Å². The van der Waals surface area contributed by atoms with Gasteiger partial charge in [0.1, 0.15) is 6.61 Å². The number of fused-ring (bicyclic) bond motifs is 1. The van der Waals surface area contributed by atoms with Crippen LogP contribution in [0.25, 0.3) is 5.57 Å². The summed E-state index contributed by atoms with van der Waals surface area (Å²) in [6.07, 6.45) is 13.3. The van der Waals surface area contributed by atoms with Crippen molar-refractivity contribution >= 4 is 29.2 Å². The van der Waals surface area contributed by atoms with Gasteiger partial charge in [-0.1, -0.05) is 76.6 Å². The second-order valence-electron chi connectivity index (χ2n) is 13.9. The summed E-state index contributed by atoms with van der Waals surface area (Å²) in [5, 5.41) is 3.85. The van der Waals surface area contributed by atoms with Gasteiger partial charge in [-0.2, -0.15) is 0 Å². The summed E-state index contributed by atoms with van der Waals surface area (Å²) < 4.78 is 13.1. The van der Waals surface area contributed by atoms with E-state index in [0.717, 1.165) is 48.1 Å². The van der Waals surface area contributed by atoms with E-state index < -0.39 is 6.04 Å². The van der Waals surface area contributed by atoms with Gasteiger partial charge in [0, 0.05) is 31.8 Å². The Labute approximate surface area is 299 Å². The Balaban J connectivity index is 0.00000121. The van der Waals surface area contributed by atoms with Gasteiger partial charge in [0.2, 0.25) is 5.91 Å². The van der Waals surface area contributed by atoms with Crippen molar-refractivity contribution in [3.05, 3.63) is 83.1 Å². The number of rotatable bonds is 11. The topological polar surface area (TPSA) is 112 Å². The molecule has 0 radical (unpaired) electrons. The summed E-state index contributed by atoms with van der Waals surface area (Å²) in [6, 6.07) is 5.66. The Morgan fingerprint density at radius 2 is 1.94 bits per heavy atom. The number of nitrogens with two attached hydrogens (primary N) is 1. The monoisotopic (exact) mass is 695 g/mol. The van der Waals surface area contributed by atoms with Gasteiger partial charge in [-0.3, -0.25) is 4.79 Å². The Morgan fingerprint density at radius 3 is 2.51 bits per heavy atom. The summed E-state index contributed by atoms with van der Waals surface area (Å²) in [6.45, 7) is 19.2. The molecule has 2 aliphatic rings. The van der Waals surface area contributed by atoms with Gasteiger partial charge in [-0.25, -0.2) is 9.78 Å². The summed E-state index contributed by atoms with van der Waals surface area (Å²) in [5.41, 5.74) is 10.1. The van der Waals surface area contributed by atoms with Crippen molar-refractivity contribution in [3.63, 3.8) is 0 Å². The number of carbonyl (C=O) groups excluding carboxylic acids is 2. The fourth-order valence-electron chi connectivity index (χ4n) is 6.45. The van der Waals surface area contributed by atoms with E-state index in [0.29, 0.717) is 43.7 Å². The Kier molecular flexibility index (Phi) is 15.5. The molecule has 1 aliphatic carbocycles. The molecule has 2 amide bonds. The number of piperidine rings is 1. The van der Waals surface area contributed by atoms with E-state index in [1.165, 1.54) is 5.56 Å². The molecular weight excluding hydrogens is 638 g/mol. The van der Waals surface area contributed by atoms with Gasteiger partial charge >= 0.3 is 6.09 Å². The van der Waals surface area contributed by atoms with E-state index in [2.05, 4.69) is 56.7 Å². The Morgan fingerprint density at radius 1 is 1.22 bits per heavy atom. The lowest BCUT2D eigenvalue weighted by Crippen LogP contribution is -2.42. The molecular formula is C39H58ClN5O4. The first-order chi connectivity index (χ1) is 23.4. The molecule has 3 atom stereocenters. The number of aromatic nitrogens is 2. The predicted molar refractivity (Wildman–Crippen MR) is 199 cm³/mol. The molecule has 2 heterocycles. The van der Waals surface area contributed by atoms with Crippen molar-refractivity contribution in [2.24, 2.45) is 30.0 Å². The molecule has 0 spiro atoms. The highest BCUT2D eigenvalue weighted by Gasteiger charge is 2.38. The van der Waals surface area contributed by atoms with Gasteiger partial charge < -0.3 is 30.0 Å². The lowest BCUT2D eigenvalue weighted by atomic mass is 9.67. The molecule has 0 saturated carbocycles. The van der Waals surface area contributed by atoms with E-state index in [1.54, 1.807) is 18.7 Å². The molecule has 1 aromatic heterocycles. The highest BCUT2D eigenvalue weighted by molar-refractivity contribution is 6.30. The molecule has 270 valence electrons. The molecule has 1 saturated heterocycles. The zero-order valence-corrected chi connectivity index (χ0v) is 31.4. The molecule has 3 N–H and O–H groups in total. The number of carbonyl (C=O) groups is 2. The lowest BCUT2D eigenvalue weighted by Gasteiger charge is -2.41. The maximum Gasteiger partial charge on any atom is 0.409 e. The minimum absolute atomic E-state index is 0.0240. The normalized spacial score (nSPS) is 20.3. The number of likely N-dealkylation sites (tertiary alicyclic amines) is 1. The van der Waals surface area contributed by atoms with Crippen molar-refractivity contribution in [2.45, 2.75) is 85.6 Å². The maximum absolute atomic E-state index is 13.0. The first kappa shape index (κ1) is 39.9.